The molecule has 28 heteroatoms. The van der Waals surface area contributed by atoms with Gasteiger partial charge in [-0.3, -0.25) is 38.4 Å². The van der Waals surface area contributed by atoms with Gasteiger partial charge in [-0.1, -0.05) is 128 Å². The lowest BCUT2D eigenvalue weighted by molar-refractivity contribution is -0.155. The number of fused-ring (bicyclic) bond motifs is 8. The first-order chi connectivity index (χ1) is 53.8. The van der Waals surface area contributed by atoms with Gasteiger partial charge in [0.05, 0.1) is 50.7 Å². The summed E-state index contributed by atoms with van der Waals surface area (Å²) in [7, 11) is 4.46. The topological polar surface area (TPSA) is 353 Å². The second kappa shape index (κ2) is 49.0. The molecule has 0 heterocycles. The van der Waals surface area contributed by atoms with Gasteiger partial charge in [0.1, 0.15) is 128 Å². The van der Waals surface area contributed by atoms with E-state index in [1.807, 2.05) is 0 Å². The average molecular weight is 1560 g/mol. The molecule has 0 fully saturated rings. The number of hydrogen-bond donors (Lipinski definition) is 0. The van der Waals surface area contributed by atoms with Crippen LogP contribution in [0.15, 0.2) is 97.1 Å². The van der Waals surface area contributed by atoms with Crippen molar-refractivity contribution >= 4 is 71.6 Å². The zero-order chi connectivity index (χ0) is 82.1. The number of unbranched alkanes of at least 4 members (excludes halogenated alkanes) is 4. The van der Waals surface area contributed by atoms with Gasteiger partial charge in [-0.2, -0.15) is 0 Å². The lowest BCUT2D eigenvalue weighted by Gasteiger charge is -2.25. The summed E-state index contributed by atoms with van der Waals surface area (Å²) in [6.07, 6.45) is 6.94. The Morgan fingerprint density at radius 1 is 0.268 bits per heavy atom. The third-order valence-corrected chi connectivity index (χ3v) is 17.1. The lowest BCUT2D eigenvalue weighted by atomic mass is 9.87. The van der Waals surface area contributed by atoms with Gasteiger partial charge >= 0.3 is 71.6 Å². The average Bonchev–Trinajstić information content (AvgIpc) is 0.772. The molecule has 28 nitrogen and oxygen atoms in total. The Hall–Kier alpha value is -11.3. The van der Waals surface area contributed by atoms with Crippen molar-refractivity contribution in [1.29, 1.82) is 0 Å². The van der Waals surface area contributed by atoms with E-state index in [1.54, 1.807) is 0 Å². The highest BCUT2D eigenvalue weighted by atomic mass is 16.6. The number of aryl methyl sites for hydroxylation is 4. The van der Waals surface area contributed by atoms with Crippen LogP contribution >= 0.6 is 0 Å². The third-order valence-electron chi connectivity index (χ3n) is 17.1. The molecule has 0 unspecified atom stereocenters. The fourth-order valence-electron chi connectivity index (χ4n) is 11.4. The van der Waals surface area contributed by atoms with Crippen molar-refractivity contribution in [2.75, 3.05) is 108 Å². The molecule has 0 saturated heterocycles. The van der Waals surface area contributed by atoms with Crippen molar-refractivity contribution in [2.45, 2.75) is 156 Å². The van der Waals surface area contributed by atoms with Gasteiger partial charge in [-0.15, -0.1) is 0 Å². The standard InChI is InChI=1S/C84H104O28/c1-13-17-21-57-33-61-41-63-35-58(22-18-14-2)37-65(78(63)102-26-30-106-82(94)54(6)50-110-74(90)46-70(86)98-10)43-67-39-60(24-20-16-4)40-68(80(67)104-28-32-108-84(96)56(8)52-112-76(92)48-72(88)100-12)44-66-38-59(23-19-15-3)36-64(79(66)103-27-31-107-83(95)55(7)51-111-75(91)47-71(87)99-11)42-62(34-57)77(61)101-25-29-105-81(93)53(5)49-109-73(89)45-69(85)97-9/h33-40H,5-8,13-32,41-52H2,1-4,9-12H3. The van der Waals surface area contributed by atoms with Gasteiger partial charge in [-0.25, -0.2) is 19.2 Å². The maximum Gasteiger partial charge on any atom is 0.337 e. The van der Waals surface area contributed by atoms with E-state index in [2.05, 4.69) is 121 Å². The molecule has 0 aliphatic heterocycles. The zero-order valence-corrected chi connectivity index (χ0v) is 65.5. The molecule has 1 aliphatic carbocycles. The van der Waals surface area contributed by atoms with Crippen LogP contribution < -0.4 is 18.9 Å². The number of carbonyl (C=O) groups excluding carboxylic acids is 12. The van der Waals surface area contributed by atoms with Gasteiger partial charge in [0, 0.05) is 25.7 Å². The minimum absolute atomic E-state index is 0.143. The van der Waals surface area contributed by atoms with Crippen LogP contribution in [0.25, 0.3) is 0 Å². The van der Waals surface area contributed by atoms with Gasteiger partial charge < -0.3 is 75.8 Å². The molecule has 8 bridgehead atoms. The maximum absolute atomic E-state index is 13.5. The summed E-state index contributed by atoms with van der Waals surface area (Å²) < 4.78 is 89.0. The molecular weight excluding hydrogens is 1460 g/mol. The number of benzene rings is 4. The summed E-state index contributed by atoms with van der Waals surface area (Å²) in [6, 6.07) is 16.6. The van der Waals surface area contributed by atoms with Crippen LogP contribution in [0.3, 0.4) is 0 Å². The molecule has 0 radical (unpaired) electrons. The molecule has 0 N–H and O–H groups in total. The summed E-state index contributed by atoms with van der Waals surface area (Å²) in [5, 5.41) is 0. The van der Waals surface area contributed by atoms with Crippen LogP contribution in [0.2, 0.25) is 0 Å². The molecule has 5 rings (SSSR count). The van der Waals surface area contributed by atoms with Gasteiger partial charge in [0.2, 0.25) is 0 Å². The molecule has 112 heavy (non-hydrogen) atoms. The first kappa shape index (κ1) is 91.3. The molecule has 1 aliphatic rings. The lowest BCUT2D eigenvalue weighted by Crippen LogP contribution is -2.20. The summed E-state index contributed by atoms with van der Waals surface area (Å²) in [5.74, 6) is -9.04. The highest BCUT2D eigenvalue weighted by Crippen LogP contribution is 2.42. The number of ether oxygens (including phenoxy) is 16. The van der Waals surface area contributed by atoms with E-state index in [1.165, 1.54) is 0 Å². The highest BCUT2D eigenvalue weighted by Gasteiger charge is 2.28. The Labute approximate surface area is 652 Å². The number of methoxy groups -OCH3 is 4. The van der Waals surface area contributed by atoms with E-state index >= 15 is 0 Å². The van der Waals surface area contributed by atoms with Crippen molar-refractivity contribution in [1.82, 2.24) is 0 Å². The molecule has 608 valence electrons. The molecule has 4 aromatic rings. The molecule has 0 saturated carbocycles. The molecule has 0 spiro atoms. The van der Waals surface area contributed by atoms with Gasteiger partial charge in [0.15, 0.2) is 0 Å². The quantitative estimate of drug-likeness (QED) is 0.0115. The van der Waals surface area contributed by atoms with Crippen LogP contribution in [-0.2, 0) is 166 Å². The monoisotopic (exact) mass is 1560 g/mol. The van der Waals surface area contributed by atoms with E-state index in [0.717, 1.165) is 102 Å². The number of esters is 12. The Balaban J connectivity index is 1.80. The van der Waals surface area contributed by atoms with Gasteiger partial charge in [-0.05, 0) is 118 Å². The van der Waals surface area contributed by atoms with Crippen LogP contribution in [0, 0.1) is 0 Å². The van der Waals surface area contributed by atoms with E-state index in [0.29, 0.717) is 93.2 Å². The van der Waals surface area contributed by atoms with Crippen LogP contribution in [0.5, 0.6) is 23.0 Å². The fraction of sp³-hybridized carbons (Fsp3) is 0.476. The molecular formula is C84H104O28. The second-order valence-electron chi connectivity index (χ2n) is 26.1. The van der Waals surface area contributed by atoms with Crippen LogP contribution in [0.1, 0.15) is 172 Å². The second-order valence-corrected chi connectivity index (χ2v) is 26.1. The Morgan fingerprint density at radius 3 is 0.607 bits per heavy atom. The minimum Gasteiger partial charge on any atom is -0.489 e. The SMILES string of the molecule is C=C(COC(=O)CC(=O)OC)C(=O)OCCOc1c2cc(CCCC)cc1Cc1cc(CCCC)cc(c1OCCOC(=O)C(=C)COC(=O)CC(=O)OC)Cc1cc(CCCC)cc(c1OCCOC(=O)C(=C)COC(=O)CC(=O)OC)Cc1cc(CCCC)cc(c1OCCOC(=O)C(=C)COC(=O)CC(=O)OC)C2. The Bertz CT molecular complexity index is 3420. The van der Waals surface area contributed by atoms with E-state index < -0.39 is 124 Å². The number of hydrogen-bond acceptors (Lipinski definition) is 28. The van der Waals surface area contributed by atoms with Crippen molar-refractivity contribution in [3.05, 3.63) is 164 Å². The first-order valence-electron chi connectivity index (χ1n) is 37.2. The number of carbonyl (C=O) groups is 12. The first-order valence-corrected chi connectivity index (χ1v) is 37.2. The van der Waals surface area contributed by atoms with E-state index in [4.69, 9.17) is 56.8 Å². The van der Waals surface area contributed by atoms with Crippen molar-refractivity contribution in [3.63, 3.8) is 0 Å². The number of rotatable bonds is 48. The van der Waals surface area contributed by atoms with Crippen molar-refractivity contribution < 1.29 is 133 Å². The zero-order valence-electron chi connectivity index (χ0n) is 65.5. The molecule has 0 atom stereocenters. The maximum atomic E-state index is 13.5. The fourth-order valence-corrected chi connectivity index (χ4v) is 11.4. The van der Waals surface area contributed by atoms with Crippen molar-refractivity contribution in [3.8, 4) is 23.0 Å². The molecule has 0 aromatic heterocycles. The largest absolute Gasteiger partial charge is 0.489 e. The summed E-state index contributed by atoms with van der Waals surface area (Å²) in [6.45, 7) is 18.9. The highest BCUT2D eigenvalue weighted by molar-refractivity contribution is 5.95. The van der Waals surface area contributed by atoms with Crippen LogP contribution in [-0.4, -0.2) is 179 Å². The molecule has 4 aromatic carbocycles. The van der Waals surface area contributed by atoms with E-state index in [-0.39, 0.29) is 101 Å². The summed E-state index contributed by atoms with van der Waals surface area (Å²) in [5.41, 5.74) is 8.46. The molecule has 0 amide bonds. The summed E-state index contributed by atoms with van der Waals surface area (Å²) in [4.78, 5) is 150. The smallest absolute Gasteiger partial charge is 0.337 e. The Morgan fingerprint density at radius 2 is 0.446 bits per heavy atom. The third kappa shape index (κ3) is 31.6. The van der Waals surface area contributed by atoms with Crippen molar-refractivity contribution in [2.24, 2.45) is 0 Å². The van der Waals surface area contributed by atoms with Crippen LogP contribution in [0.4, 0.5) is 0 Å². The minimum atomic E-state index is -0.942. The Kier molecular flexibility index (Phi) is 40.0. The predicted octanol–water partition coefficient (Wildman–Crippen LogP) is 10.1. The summed E-state index contributed by atoms with van der Waals surface area (Å²) >= 11 is 0. The normalized spacial score (nSPS) is 11.2. The predicted molar refractivity (Wildman–Crippen MR) is 404 cm³/mol. The van der Waals surface area contributed by atoms with E-state index in [9.17, 15) is 57.5 Å². The van der Waals surface area contributed by atoms with Gasteiger partial charge in [0.25, 0.3) is 0 Å².